The Balaban J connectivity index is 1.61. The second-order valence-corrected chi connectivity index (χ2v) is 8.54. The molecule has 2 N–H and O–H groups in total. The second-order valence-electron chi connectivity index (χ2n) is 8.54. The summed E-state index contributed by atoms with van der Waals surface area (Å²) in [4.78, 5) is 9.65. The van der Waals surface area contributed by atoms with Gasteiger partial charge < -0.3 is 20.3 Å². The standard InChI is InChI=1S/C26H39N5O/c1-4-27-26(29-20-25(30(2)3)18-22-10-6-5-7-11-22)28-19-23-12-8-9-13-24(23)21-31-14-16-32-17-15-31/h5-13,25H,4,14-21H2,1-3H3,(H2,27,28,29). The predicted molar refractivity (Wildman–Crippen MR) is 133 cm³/mol. The monoisotopic (exact) mass is 437 g/mol. The van der Waals surface area contributed by atoms with E-state index in [4.69, 9.17) is 9.73 Å². The van der Waals surface area contributed by atoms with E-state index in [0.29, 0.717) is 12.6 Å². The van der Waals surface area contributed by atoms with E-state index in [9.17, 15) is 0 Å². The number of rotatable bonds is 10. The Bertz CT molecular complexity index is 818. The minimum atomic E-state index is 0.384. The van der Waals surface area contributed by atoms with Gasteiger partial charge in [-0.1, -0.05) is 54.6 Å². The Morgan fingerprint density at radius 2 is 1.69 bits per heavy atom. The molecule has 32 heavy (non-hydrogen) atoms. The van der Waals surface area contributed by atoms with E-state index in [1.54, 1.807) is 0 Å². The third-order valence-electron chi connectivity index (χ3n) is 5.92. The van der Waals surface area contributed by atoms with Crippen LogP contribution < -0.4 is 10.6 Å². The molecule has 2 aromatic rings. The van der Waals surface area contributed by atoms with Crippen LogP contribution in [-0.2, 0) is 24.2 Å². The summed E-state index contributed by atoms with van der Waals surface area (Å²) in [5, 5.41) is 6.97. The highest BCUT2D eigenvalue weighted by molar-refractivity contribution is 5.79. The number of morpholine rings is 1. The second kappa shape index (κ2) is 13.2. The minimum absolute atomic E-state index is 0.384. The zero-order valence-electron chi connectivity index (χ0n) is 19.9. The van der Waals surface area contributed by atoms with E-state index in [0.717, 1.165) is 58.3 Å². The van der Waals surface area contributed by atoms with Gasteiger partial charge in [-0.2, -0.15) is 0 Å². The Kier molecular flexibility index (Phi) is 10.0. The molecule has 0 saturated carbocycles. The van der Waals surface area contributed by atoms with Crippen molar-refractivity contribution < 1.29 is 4.74 Å². The van der Waals surface area contributed by atoms with Crippen molar-refractivity contribution >= 4 is 5.96 Å². The van der Waals surface area contributed by atoms with E-state index >= 15 is 0 Å². The van der Waals surface area contributed by atoms with Gasteiger partial charge in [0.1, 0.15) is 0 Å². The van der Waals surface area contributed by atoms with E-state index in [2.05, 4.69) is 96.0 Å². The molecule has 1 atom stereocenters. The summed E-state index contributed by atoms with van der Waals surface area (Å²) < 4.78 is 5.49. The summed E-state index contributed by atoms with van der Waals surface area (Å²) >= 11 is 0. The molecule has 1 fully saturated rings. The minimum Gasteiger partial charge on any atom is -0.379 e. The van der Waals surface area contributed by atoms with E-state index < -0.39 is 0 Å². The number of hydrogen-bond acceptors (Lipinski definition) is 4. The number of likely N-dealkylation sites (N-methyl/N-ethyl adjacent to an activating group) is 1. The molecule has 1 saturated heterocycles. The first-order valence-corrected chi connectivity index (χ1v) is 11.7. The van der Waals surface area contributed by atoms with Gasteiger partial charge in [0.05, 0.1) is 19.8 Å². The van der Waals surface area contributed by atoms with Gasteiger partial charge in [-0.05, 0) is 44.1 Å². The summed E-state index contributed by atoms with van der Waals surface area (Å²) in [5.74, 6) is 0.869. The number of guanidine groups is 1. The van der Waals surface area contributed by atoms with Crippen molar-refractivity contribution in [3.63, 3.8) is 0 Å². The fraction of sp³-hybridized carbons (Fsp3) is 0.500. The Hall–Kier alpha value is -2.41. The Morgan fingerprint density at radius 3 is 2.38 bits per heavy atom. The molecule has 3 rings (SSSR count). The number of hydrogen-bond donors (Lipinski definition) is 2. The van der Waals surface area contributed by atoms with Crippen LogP contribution >= 0.6 is 0 Å². The summed E-state index contributed by atoms with van der Waals surface area (Å²) in [6, 6.07) is 19.7. The number of nitrogens with one attached hydrogen (secondary N) is 2. The molecule has 0 bridgehead atoms. The summed E-state index contributed by atoms with van der Waals surface area (Å²) in [5.41, 5.74) is 3.99. The first-order valence-electron chi connectivity index (χ1n) is 11.7. The number of ether oxygens (including phenoxy) is 1. The van der Waals surface area contributed by atoms with Crippen LogP contribution in [0.5, 0.6) is 0 Å². The number of benzene rings is 2. The quantitative estimate of drug-likeness (QED) is 0.442. The molecule has 0 aromatic heterocycles. The van der Waals surface area contributed by atoms with Crippen molar-refractivity contribution in [1.82, 2.24) is 20.4 Å². The number of nitrogens with zero attached hydrogens (tertiary/aromatic N) is 3. The van der Waals surface area contributed by atoms with Crippen LogP contribution in [0.15, 0.2) is 59.6 Å². The Morgan fingerprint density at radius 1 is 1.00 bits per heavy atom. The van der Waals surface area contributed by atoms with Crippen molar-refractivity contribution in [3.8, 4) is 0 Å². The molecular weight excluding hydrogens is 398 g/mol. The van der Waals surface area contributed by atoms with Crippen molar-refractivity contribution in [2.75, 3.05) is 53.5 Å². The smallest absolute Gasteiger partial charge is 0.191 e. The van der Waals surface area contributed by atoms with Crippen LogP contribution in [0.2, 0.25) is 0 Å². The van der Waals surface area contributed by atoms with Crippen LogP contribution in [0.25, 0.3) is 0 Å². The van der Waals surface area contributed by atoms with Gasteiger partial charge in [0.2, 0.25) is 0 Å². The molecule has 1 unspecified atom stereocenters. The average molecular weight is 438 g/mol. The van der Waals surface area contributed by atoms with Gasteiger partial charge in [-0.3, -0.25) is 4.90 Å². The van der Waals surface area contributed by atoms with Gasteiger partial charge in [0.15, 0.2) is 5.96 Å². The van der Waals surface area contributed by atoms with E-state index in [1.807, 2.05) is 0 Å². The first kappa shape index (κ1) is 24.2. The molecule has 1 aliphatic heterocycles. The summed E-state index contributed by atoms with van der Waals surface area (Å²) in [6.07, 6.45) is 1.00. The average Bonchev–Trinajstić information content (AvgIpc) is 2.82. The van der Waals surface area contributed by atoms with Gasteiger partial charge >= 0.3 is 0 Å². The third-order valence-corrected chi connectivity index (χ3v) is 5.92. The Labute approximate surface area is 193 Å². The highest BCUT2D eigenvalue weighted by Crippen LogP contribution is 2.14. The van der Waals surface area contributed by atoms with Crippen LogP contribution in [0.1, 0.15) is 23.6 Å². The third kappa shape index (κ3) is 7.93. The fourth-order valence-electron chi connectivity index (χ4n) is 3.91. The topological polar surface area (TPSA) is 52.1 Å². The van der Waals surface area contributed by atoms with Crippen molar-refractivity contribution in [1.29, 1.82) is 0 Å². The highest BCUT2D eigenvalue weighted by Gasteiger charge is 2.14. The maximum atomic E-state index is 5.49. The van der Waals surface area contributed by atoms with Crippen LogP contribution in [0.4, 0.5) is 0 Å². The van der Waals surface area contributed by atoms with Crippen molar-refractivity contribution in [3.05, 3.63) is 71.3 Å². The lowest BCUT2D eigenvalue weighted by Crippen LogP contribution is -2.46. The van der Waals surface area contributed by atoms with Crippen molar-refractivity contribution in [2.45, 2.75) is 32.5 Å². The largest absolute Gasteiger partial charge is 0.379 e. The lowest BCUT2D eigenvalue weighted by Gasteiger charge is -2.27. The molecule has 0 aliphatic carbocycles. The predicted octanol–water partition coefficient (Wildman–Crippen LogP) is 2.75. The molecule has 1 aliphatic rings. The molecule has 0 spiro atoms. The summed E-state index contributed by atoms with van der Waals surface area (Å²) in [6.45, 7) is 9.05. The molecule has 6 nitrogen and oxygen atoms in total. The van der Waals surface area contributed by atoms with Crippen LogP contribution in [-0.4, -0.2) is 75.3 Å². The maximum Gasteiger partial charge on any atom is 0.191 e. The van der Waals surface area contributed by atoms with Crippen LogP contribution in [0.3, 0.4) is 0 Å². The SMILES string of the molecule is CCNC(=NCc1ccccc1CN1CCOCC1)NCC(Cc1ccccc1)N(C)C. The van der Waals surface area contributed by atoms with Gasteiger partial charge in [0.25, 0.3) is 0 Å². The zero-order chi connectivity index (χ0) is 22.6. The van der Waals surface area contributed by atoms with E-state index in [-0.39, 0.29) is 0 Å². The summed E-state index contributed by atoms with van der Waals surface area (Å²) in [7, 11) is 4.28. The number of aliphatic imine (C=N–C) groups is 1. The molecule has 1 heterocycles. The maximum absolute atomic E-state index is 5.49. The van der Waals surface area contributed by atoms with Crippen LogP contribution in [0, 0.1) is 0 Å². The highest BCUT2D eigenvalue weighted by atomic mass is 16.5. The lowest BCUT2D eigenvalue weighted by molar-refractivity contribution is 0.0341. The molecule has 174 valence electrons. The lowest BCUT2D eigenvalue weighted by atomic mass is 10.1. The van der Waals surface area contributed by atoms with Gasteiger partial charge in [0, 0.05) is 38.8 Å². The molecule has 0 radical (unpaired) electrons. The van der Waals surface area contributed by atoms with E-state index in [1.165, 1.54) is 16.7 Å². The fourth-order valence-corrected chi connectivity index (χ4v) is 3.91. The molecular formula is C26H39N5O. The molecule has 2 aromatic carbocycles. The molecule has 0 amide bonds. The van der Waals surface area contributed by atoms with Gasteiger partial charge in [-0.15, -0.1) is 0 Å². The van der Waals surface area contributed by atoms with Crippen molar-refractivity contribution in [2.24, 2.45) is 4.99 Å². The zero-order valence-corrected chi connectivity index (χ0v) is 19.9. The molecule has 6 heteroatoms. The first-order chi connectivity index (χ1) is 15.7. The van der Waals surface area contributed by atoms with Gasteiger partial charge in [-0.25, -0.2) is 4.99 Å². The normalized spacial score (nSPS) is 16.2.